The zero-order valence-electron chi connectivity index (χ0n) is 12.7. The Kier molecular flexibility index (Phi) is 4.39. The van der Waals surface area contributed by atoms with Crippen molar-refractivity contribution in [1.29, 1.82) is 5.26 Å². The molecule has 1 saturated carbocycles. The number of nitrogens with zero attached hydrogens (tertiary/aromatic N) is 3. The fourth-order valence-corrected chi connectivity index (χ4v) is 4.32. The van der Waals surface area contributed by atoms with Crippen LogP contribution in [0, 0.1) is 23.2 Å². The molecule has 1 aliphatic rings. The van der Waals surface area contributed by atoms with Gasteiger partial charge in [0.1, 0.15) is 6.33 Å². The second-order valence-electron chi connectivity index (χ2n) is 6.03. The Bertz CT molecular complexity index is 728. The van der Waals surface area contributed by atoms with Gasteiger partial charge in [0.05, 0.1) is 22.0 Å². The first-order valence-electron chi connectivity index (χ1n) is 7.72. The van der Waals surface area contributed by atoms with Crippen LogP contribution in [0.25, 0.3) is 15.8 Å². The van der Waals surface area contributed by atoms with Gasteiger partial charge in [0.15, 0.2) is 0 Å². The lowest BCUT2D eigenvalue weighted by atomic mass is 9.76. The first-order valence-corrected chi connectivity index (χ1v) is 8.60. The maximum Gasteiger partial charge on any atom is 0.116 e. The van der Waals surface area contributed by atoms with Crippen LogP contribution in [-0.4, -0.2) is 9.97 Å². The smallest absolute Gasteiger partial charge is 0.116 e. The summed E-state index contributed by atoms with van der Waals surface area (Å²) < 4.78 is 1.13. The molecule has 0 aliphatic heterocycles. The number of aromatic nitrogens is 2. The molecular weight excluding hydrogens is 292 g/mol. The lowest BCUT2D eigenvalue weighted by molar-refractivity contribution is 0.320. The molecule has 0 atom stereocenters. The quantitative estimate of drug-likeness (QED) is 0.925. The lowest BCUT2D eigenvalue weighted by Gasteiger charge is -2.29. The van der Waals surface area contributed by atoms with Crippen molar-refractivity contribution in [2.45, 2.75) is 39.0 Å². The summed E-state index contributed by atoms with van der Waals surface area (Å²) >= 11 is 1.67. The van der Waals surface area contributed by atoms with E-state index in [1.807, 2.05) is 13.0 Å². The van der Waals surface area contributed by atoms with E-state index in [4.69, 9.17) is 11.0 Å². The summed E-state index contributed by atoms with van der Waals surface area (Å²) in [7, 11) is 0. The predicted octanol–water partition coefficient (Wildman–Crippen LogP) is 4.10. The summed E-state index contributed by atoms with van der Waals surface area (Å²) in [5, 5.41) is 10.9. The average molecular weight is 312 g/mol. The highest BCUT2D eigenvalue weighted by Crippen LogP contribution is 2.41. The van der Waals surface area contributed by atoms with Gasteiger partial charge in [-0.05, 0) is 55.9 Å². The molecule has 1 fully saturated rings. The lowest BCUT2D eigenvalue weighted by Crippen LogP contribution is -2.18. The van der Waals surface area contributed by atoms with E-state index in [1.54, 1.807) is 17.7 Å². The van der Waals surface area contributed by atoms with E-state index in [1.165, 1.54) is 5.57 Å². The zero-order chi connectivity index (χ0) is 15.5. The molecule has 2 aromatic rings. The van der Waals surface area contributed by atoms with E-state index in [0.717, 1.165) is 47.3 Å². The molecule has 2 N–H and O–H groups in total. The number of nitrogens with two attached hydrogens (primary N) is 1. The highest BCUT2D eigenvalue weighted by molar-refractivity contribution is 7.17. The van der Waals surface area contributed by atoms with Crippen LogP contribution in [0.3, 0.4) is 0 Å². The SMILES string of the molecule is C/C(N)=C(/c1ncnc2ccsc12)C1CCC(CC#N)CC1. The van der Waals surface area contributed by atoms with E-state index in [0.29, 0.717) is 18.3 Å². The van der Waals surface area contributed by atoms with Crippen molar-refractivity contribution in [2.75, 3.05) is 0 Å². The molecular formula is C17H20N4S. The monoisotopic (exact) mass is 312 g/mol. The predicted molar refractivity (Wildman–Crippen MR) is 89.9 cm³/mol. The van der Waals surface area contributed by atoms with Crippen LogP contribution in [0.2, 0.25) is 0 Å². The Morgan fingerprint density at radius 3 is 2.82 bits per heavy atom. The van der Waals surface area contributed by atoms with Crippen LogP contribution >= 0.6 is 11.3 Å². The highest BCUT2D eigenvalue weighted by Gasteiger charge is 2.27. The topological polar surface area (TPSA) is 75.6 Å². The van der Waals surface area contributed by atoms with Crippen molar-refractivity contribution in [2.24, 2.45) is 17.6 Å². The molecule has 0 spiro atoms. The molecule has 2 aromatic heterocycles. The van der Waals surface area contributed by atoms with E-state index in [-0.39, 0.29) is 0 Å². The number of hydrogen-bond donors (Lipinski definition) is 1. The minimum Gasteiger partial charge on any atom is -0.402 e. The number of fused-ring (bicyclic) bond motifs is 1. The van der Waals surface area contributed by atoms with Crippen molar-refractivity contribution in [1.82, 2.24) is 9.97 Å². The number of thiophene rings is 1. The Morgan fingerprint density at radius 2 is 2.14 bits per heavy atom. The summed E-state index contributed by atoms with van der Waals surface area (Å²) in [6.45, 7) is 1.97. The molecule has 0 unspecified atom stereocenters. The van der Waals surface area contributed by atoms with Crippen LogP contribution < -0.4 is 5.73 Å². The molecule has 0 radical (unpaired) electrons. The van der Waals surface area contributed by atoms with Crippen LogP contribution in [0.4, 0.5) is 0 Å². The van der Waals surface area contributed by atoms with Crippen molar-refractivity contribution in [3.05, 3.63) is 29.2 Å². The average Bonchev–Trinajstić information content (AvgIpc) is 2.98. The number of allylic oxidation sites excluding steroid dienone is 2. The van der Waals surface area contributed by atoms with Crippen molar-refractivity contribution in [3.8, 4) is 6.07 Å². The number of hydrogen-bond acceptors (Lipinski definition) is 5. The van der Waals surface area contributed by atoms with Gasteiger partial charge in [-0.3, -0.25) is 0 Å². The van der Waals surface area contributed by atoms with Gasteiger partial charge in [-0.25, -0.2) is 9.97 Å². The molecule has 22 heavy (non-hydrogen) atoms. The molecule has 1 aliphatic carbocycles. The maximum absolute atomic E-state index is 8.86. The van der Waals surface area contributed by atoms with Crippen molar-refractivity contribution < 1.29 is 0 Å². The summed E-state index contributed by atoms with van der Waals surface area (Å²) in [6, 6.07) is 4.33. The first kappa shape index (κ1) is 15.0. The first-order chi connectivity index (χ1) is 10.7. The normalized spacial score (nSPS) is 23.1. The second kappa shape index (κ2) is 6.45. The summed E-state index contributed by atoms with van der Waals surface area (Å²) in [6.07, 6.45) is 6.70. The van der Waals surface area contributed by atoms with Crippen molar-refractivity contribution in [3.63, 3.8) is 0 Å². The summed E-state index contributed by atoms with van der Waals surface area (Å²) in [5.74, 6) is 0.993. The molecule has 0 amide bonds. The van der Waals surface area contributed by atoms with Gasteiger partial charge in [0.2, 0.25) is 0 Å². The van der Waals surface area contributed by atoms with Crippen LogP contribution in [0.15, 0.2) is 23.5 Å². The van der Waals surface area contributed by atoms with Crippen LogP contribution in [0.1, 0.15) is 44.7 Å². The fraction of sp³-hybridized carbons (Fsp3) is 0.471. The van der Waals surface area contributed by atoms with Crippen LogP contribution in [-0.2, 0) is 0 Å². The molecule has 5 heteroatoms. The molecule has 4 nitrogen and oxygen atoms in total. The highest BCUT2D eigenvalue weighted by atomic mass is 32.1. The molecule has 114 valence electrons. The Labute approximate surface area is 134 Å². The second-order valence-corrected chi connectivity index (χ2v) is 6.95. The molecule has 3 rings (SSSR count). The molecule has 0 saturated heterocycles. The van der Waals surface area contributed by atoms with E-state index in [2.05, 4.69) is 21.4 Å². The van der Waals surface area contributed by atoms with Crippen LogP contribution in [0.5, 0.6) is 0 Å². The Balaban J connectivity index is 1.91. The van der Waals surface area contributed by atoms with Gasteiger partial charge >= 0.3 is 0 Å². The van der Waals surface area contributed by atoms with E-state index < -0.39 is 0 Å². The van der Waals surface area contributed by atoms with Gasteiger partial charge in [-0.1, -0.05) is 0 Å². The van der Waals surface area contributed by atoms with Crippen molar-refractivity contribution >= 4 is 27.1 Å². The minimum atomic E-state index is 0.445. The summed E-state index contributed by atoms with van der Waals surface area (Å²) in [4.78, 5) is 8.87. The minimum absolute atomic E-state index is 0.445. The van der Waals surface area contributed by atoms with E-state index >= 15 is 0 Å². The van der Waals surface area contributed by atoms with Gasteiger partial charge in [-0.15, -0.1) is 11.3 Å². The third-order valence-corrected chi connectivity index (χ3v) is 5.47. The van der Waals surface area contributed by atoms with E-state index in [9.17, 15) is 0 Å². The van der Waals surface area contributed by atoms with Gasteiger partial charge < -0.3 is 5.73 Å². The summed E-state index contributed by atoms with van der Waals surface area (Å²) in [5.41, 5.74) is 10.3. The maximum atomic E-state index is 8.86. The largest absolute Gasteiger partial charge is 0.402 e. The van der Waals surface area contributed by atoms with Gasteiger partial charge in [-0.2, -0.15) is 5.26 Å². The van der Waals surface area contributed by atoms with Gasteiger partial charge in [0.25, 0.3) is 0 Å². The molecule has 0 bridgehead atoms. The van der Waals surface area contributed by atoms with Gasteiger partial charge in [0, 0.05) is 17.7 Å². The fourth-order valence-electron chi connectivity index (χ4n) is 3.47. The number of rotatable bonds is 3. The number of nitriles is 1. The Morgan fingerprint density at radius 1 is 1.36 bits per heavy atom. The standard InChI is InChI=1S/C17H20N4S/c1-11(19)15(13-4-2-12(3-5-13)6-8-18)16-17-14(7-9-22-17)20-10-21-16/h7,9-10,12-13H,2-6,19H2,1H3/b15-11-. The zero-order valence-corrected chi connectivity index (χ0v) is 13.6. The third-order valence-electron chi connectivity index (χ3n) is 4.56. The molecule has 2 heterocycles. The molecule has 0 aromatic carbocycles. The third kappa shape index (κ3) is 2.84. The Hall–Kier alpha value is -1.93.